The molecule has 0 saturated carbocycles. The molecule has 2 aliphatic carbocycles. The maximum absolute atomic E-state index is 6.26. The van der Waals surface area contributed by atoms with Crippen LogP contribution in [0.5, 0.6) is 0 Å². The summed E-state index contributed by atoms with van der Waals surface area (Å²) in [5, 5.41) is 12.4. The van der Waals surface area contributed by atoms with E-state index in [4.69, 9.17) is 4.42 Å². The van der Waals surface area contributed by atoms with Crippen molar-refractivity contribution in [2.45, 2.75) is 5.41 Å². The van der Waals surface area contributed by atoms with Gasteiger partial charge >= 0.3 is 0 Å². The van der Waals surface area contributed by atoms with Crippen LogP contribution < -0.4 is 0 Å². The Bertz CT molecular complexity index is 4140. The van der Waals surface area contributed by atoms with Crippen molar-refractivity contribution in [1.82, 2.24) is 0 Å². The molecule has 2 aliphatic rings. The first-order valence-electron chi connectivity index (χ1n) is 23.0. The van der Waals surface area contributed by atoms with Crippen molar-refractivity contribution in [3.63, 3.8) is 0 Å². The minimum Gasteiger partial charge on any atom is -0.456 e. The number of hydrogen-bond donors (Lipinski definition) is 0. The maximum Gasteiger partial charge on any atom is 0.135 e. The number of para-hydroxylation sites is 1. The van der Waals surface area contributed by atoms with Gasteiger partial charge in [0.15, 0.2) is 0 Å². The molecule has 0 unspecified atom stereocenters. The van der Waals surface area contributed by atoms with Crippen molar-refractivity contribution in [1.29, 1.82) is 0 Å². The van der Waals surface area contributed by atoms with E-state index in [-0.39, 0.29) is 0 Å². The van der Waals surface area contributed by atoms with Gasteiger partial charge in [0.05, 0.1) is 5.41 Å². The summed E-state index contributed by atoms with van der Waals surface area (Å²) in [6, 6.07) is 85.9. The lowest BCUT2D eigenvalue weighted by Gasteiger charge is -2.31. The molecular formula is C65H38O. The van der Waals surface area contributed by atoms with E-state index in [1.54, 1.807) is 0 Å². The van der Waals surface area contributed by atoms with Gasteiger partial charge in [0.25, 0.3) is 0 Å². The summed E-state index contributed by atoms with van der Waals surface area (Å²) in [5.41, 5.74) is 19.5. The molecule has 0 aliphatic heterocycles. The number of hydrogen-bond acceptors (Lipinski definition) is 1. The standard InChI is InChI=1S/C65H38O/c1-2-17-45-39(14-1)30-34-58-63(45)54-33-29-42-36-41(28-32-46(42)64(54)65(58)56-25-10-7-18-47(56)48-19-8-11-26-57(48)65)40-15-13-16-43(37-40)61-50-21-3-5-23-52(50)62(53-24-6-4-22-51(53)61)44-31-35-60-55(38-44)49-20-9-12-27-59(49)66-60/h1-38H. The summed E-state index contributed by atoms with van der Waals surface area (Å²) < 4.78 is 6.26. The van der Waals surface area contributed by atoms with Crippen molar-refractivity contribution >= 4 is 65.0 Å². The summed E-state index contributed by atoms with van der Waals surface area (Å²) in [5.74, 6) is 0. The Morgan fingerprint density at radius 2 is 0.803 bits per heavy atom. The summed E-state index contributed by atoms with van der Waals surface area (Å²) in [6.45, 7) is 0. The summed E-state index contributed by atoms with van der Waals surface area (Å²) in [7, 11) is 0. The molecule has 0 saturated heterocycles. The van der Waals surface area contributed by atoms with Crippen LogP contribution in [-0.4, -0.2) is 0 Å². The van der Waals surface area contributed by atoms with E-state index in [1.165, 1.54) is 121 Å². The second kappa shape index (κ2) is 13.3. The van der Waals surface area contributed by atoms with Gasteiger partial charge < -0.3 is 4.42 Å². The quantitative estimate of drug-likeness (QED) is 0.162. The molecule has 0 amide bonds. The van der Waals surface area contributed by atoms with Crippen molar-refractivity contribution in [2.24, 2.45) is 0 Å². The molecule has 1 heteroatoms. The predicted molar refractivity (Wildman–Crippen MR) is 276 cm³/mol. The maximum atomic E-state index is 6.26. The van der Waals surface area contributed by atoms with Crippen LogP contribution in [0.1, 0.15) is 22.3 Å². The van der Waals surface area contributed by atoms with Gasteiger partial charge in [0.1, 0.15) is 11.2 Å². The van der Waals surface area contributed by atoms with Gasteiger partial charge in [0, 0.05) is 10.8 Å². The van der Waals surface area contributed by atoms with E-state index < -0.39 is 5.41 Å². The molecule has 13 aromatic rings. The summed E-state index contributed by atoms with van der Waals surface area (Å²) >= 11 is 0. The summed E-state index contributed by atoms with van der Waals surface area (Å²) in [6.07, 6.45) is 0. The Balaban J connectivity index is 0.924. The molecule has 12 aromatic carbocycles. The lowest BCUT2D eigenvalue weighted by Crippen LogP contribution is -2.26. The van der Waals surface area contributed by atoms with Gasteiger partial charge in [-0.2, -0.15) is 0 Å². The first kappa shape index (κ1) is 35.9. The molecule has 0 atom stereocenters. The molecule has 15 rings (SSSR count). The second-order valence-corrected chi connectivity index (χ2v) is 18.2. The lowest BCUT2D eigenvalue weighted by molar-refractivity contribution is 0.669. The minimum atomic E-state index is -0.435. The predicted octanol–water partition coefficient (Wildman–Crippen LogP) is 17.5. The molecule has 0 bridgehead atoms. The van der Waals surface area contributed by atoms with Gasteiger partial charge in [-0.15, -0.1) is 0 Å². The van der Waals surface area contributed by atoms with E-state index in [1.807, 2.05) is 6.07 Å². The van der Waals surface area contributed by atoms with Gasteiger partial charge in [-0.3, -0.25) is 0 Å². The Morgan fingerprint density at radius 3 is 1.53 bits per heavy atom. The molecule has 1 aromatic heterocycles. The van der Waals surface area contributed by atoms with E-state index in [9.17, 15) is 0 Å². The molecule has 0 fully saturated rings. The number of fused-ring (bicyclic) bond motifs is 19. The fourth-order valence-electron chi connectivity index (χ4n) is 12.4. The zero-order chi connectivity index (χ0) is 43.1. The Labute approximate surface area is 381 Å². The highest BCUT2D eigenvalue weighted by atomic mass is 16.3. The van der Waals surface area contributed by atoms with Gasteiger partial charge in [-0.25, -0.2) is 0 Å². The third-order valence-electron chi connectivity index (χ3n) is 15.0. The van der Waals surface area contributed by atoms with Crippen molar-refractivity contribution in [2.75, 3.05) is 0 Å². The van der Waals surface area contributed by atoms with E-state index >= 15 is 0 Å². The lowest BCUT2D eigenvalue weighted by atomic mass is 9.69. The molecule has 0 radical (unpaired) electrons. The largest absolute Gasteiger partial charge is 0.456 e. The van der Waals surface area contributed by atoms with Crippen LogP contribution in [-0.2, 0) is 5.41 Å². The third kappa shape index (κ3) is 4.68. The van der Waals surface area contributed by atoms with Crippen molar-refractivity contribution < 1.29 is 4.42 Å². The van der Waals surface area contributed by atoms with Gasteiger partial charge in [-0.1, -0.05) is 200 Å². The highest BCUT2D eigenvalue weighted by Gasteiger charge is 2.52. The topological polar surface area (TPSA) is 13.1 Å². The van der Waals surface area contributed by atoms with Gasteiger partial charge in [0.2, 0.25) is 0 Å². The minimum absolute atomic E-state index is 0.435. The smallest absolute Gasteiger partial charge is 0.135 e. The van der Waals surface area contributed by atoms with Crippen LogP contribution in [0.25, 0.3) is 121 Å². The fourth-order valence-corrected chi connectivity index (χ4v) is 12.4. The Morgan fingerprint density at radius 1 is 0.258 bits per heavy atom. The number of benzene rings is 12. The highest BCUT2D eigenvalue weighted by molar-refractivity contribution is 6.22. The Hall–Kier alpha value is -8.52. The van der Waals surface area contributed by atoms with E-state index in [0.29, 0.717) is 0 Å². The number of furan rings is 1. The van der Waals surface area contributed by atoms with Crippen LogP contribution >= 0.6 is 0 Å². The normalized spacial score (nSPS) is 13.3. The van der Waals surface area contributed by atoms with Gasteiger partial charge in [-0.05, 0) is 151 Å². The molecule has 1 spiro atoms. The zero-order valence-corrected chi connectivity index (χ0v) is 35.8. The second-order valence-electron chi connectivity index (χ2n) is 18.2. The molecular weight excluding hydrogens is 797 g/mol. The summed E-state index contributed by atoms with van der Waals surface area (Å²) in [4.78, 5) is 0. The molecule has 304 valence electrons. The SMILES string of the molecule is c1cc(-c2ccc3c4c(ccc3c2)-c2c(ccc3ccccc23)C42c3ccccc3-c3ccccc32)cc(-c2c3ccccc3c(-c3ccc4oc5ccccc5c4c3)c3ccccc23)c1. The number of rotatable bonds is 3. The van der Waals surface area contributed by atoms with E-state index in [0.717, 1.165) is 21.9 Å². The molecule has 0 N–H and O–H groups in total. The van der Waals surface area contributed by atoms with E-state index in [2.05, 4.69) is 224 Å². The highest BCUT2D eigenvalue weighted by Crippen LogP contribution is 2.65. The first-order valence-corrected chi connectivity index (χ1v) is 23.0. The van der Waals surface area contributed by atoms with Crippen LogP contribution in [0, 0.1) is 0 Å². The fraction of sp³-hybridized carbons (Fsp3) is 0.0154. The van der Waals surface area contributed by atoms with Crippen molar-refractivity contribution in [3.8, 4) is 55.6 Å². The van der Waals surface area contributed by atoms with Crippen LogP contribution in [0.3, 0.4) is 0 Å². The monoisotopic (exact) mass is 834 g/mol. The molecule has 1 nitrogen and oxygen atoms in total. The molecule has 1 heterocycles. The first-order chi connectivity index (χ1) is 32.7. The Kier molecular flexibility index (Phi) is 7.21. The van der Waals surface area contributed by atoms with Crippen LogP contribution in [0.4, 0.5) is 0 Å². The zero-order valence-electron chi connectivity index (χ0n) is 35.8. The van der Waals surface area contributed by atoms with Crippen molar-refractivity contribution in [3.05, 3.63) is 253 Å². The average Bonchev–Trinajstić information content (AvgIpc) is 4.02. The third-order valence-corrected chi connectivity index (χ3v) is 15.0. The van der Waals surface area contributed by atoms with Crippen LogP contribution in [0.2, 0.25) is 0 Å². The average molecular weight is 835 g/mol. The molecule has 66 heavy (non-hydrogen) atoms. The van der Waals surface area contributed by atoms with Crippen LogP contribution in [0.15, 0.2) is 235 Å².